The smallest absolute Gasteiger partial charge is 0.326 e. The van der Waals surface area contributed by atoms with Crippen LogP contribution >= 0.6 is 0 Å². The van der Waals surface area contributed by atoms with E-state index in [1.165, 1.54) is 0 Å². The molecule has 1 aliphatic heterocycles. The number of aliphatic carboxylic acids is 1. The van der Waals surface area contributed by atoms with Crippen LogP contribution in [0.2, 0.25) is 0 Å². The summed E-state index contributed by atoms with van der Waals surface area (Å²) in [5.74, 6) is 0.105. The molecule has 1 aliphatic carbocycles. The van der Waals surface area contributed by atoms with Gasteiger partial charge in [-0.1, -0.05) is 43.2 Å². The Morgan fingerprint density at radius 3 is 2.55 bits per heavy atom. The molecule has 194 valence electrons. The number of hydrogen-bond donors (Lipinski definition) is 2. The van der Waals surface area contributed by atoms with Crippen molar-refractivity contribution in [2.75, 3.05) is 16.8 Å². The SMILES string of the molecule is O=C(O)[C@@H]1CCCN1c1ccc(Nc2ncc3cc(Cc4ccccc4)c(=O)n(C4CCCC4)c3n2)nc1. The predicted molar refractivity (Wildman–Crippen MR) is 146 cm³/mol. The Morgan fingerprint density at radius 2 is 1.82 bits per heavy atom. The number of pyridine rings is 2. The van der Waals surface area contributed by atoms with Gasteiger partial charge in [-0.3, -0.25) is 9.36 Å². The normalized spacial score (nSPS) is 17.8. The highest BCUT2D eigenvalue weighted by Crippen LogP contribution is 2.31. The van der Waals surface area contributed by atoms with Crippen molar-refractivity contribution in [3.63, 3.8) is 0 Å². The Hall–Kier alpha value is -4.27. The van der Waals surface area contributed by atoms with Crippen molar-refractivity contribution in [1.82, 2.24) is 19.5 Å². The van der Waals surface area contributed by atoms with Gasteiger partial charge in [0.2, 0.25) is 5.95 Å². The van der Waals surface area contributed by atoms with Crippen LogP contribution in [-0.4, -0.2) is 43.2 Å². The molecule has 3 aromatic heterocycles. The summed E-state index contributed by atoms with van der Waals surface area (Å²) in [6.45, 7) is 0.699. The zero-order valence-electron chi connectivity index (χ0n) is 21.1. The molecule has 1 saturated heterocycles. The highest BCUT2D eigenvalue weighted by molar-refractivity contribution is 5.79. The third-order valence-corrected chi connectivity index (χ3v) is 7.63. The van der Waals surface area contributed by atoms with Gasteiger partial charge in [0.05, 0.1) is 11.9 Å². The Balaban J connectivity index is 1.31. The molecule has 9 heteroatoms. The van der Waals surface area contributed by atoms with Crippen molar-refractivity contribution in [1.29, 1.82) is 0 Å². The summed E-state index contributed by atoms with van der Waals surface area (Å²) in [6.07, 6.45) is 9.63. The first kappa shape index (κ1) is 24.1. The molecule has 2 N–H and O–H groups in total. The number of carboxylic acids is 1. The van der Waals surface area contributed by atoms with Gasteiger partial charge >= 0.3 is 5.97 Å². The van der Waals surface area contributed by atoms with Crippen LogP contribution in [0.4, 0.5) is 17.5 Å². The molecular formula is C29H30N6O3. The maximum atomic E-state index is 13.7. The molecule has 1 aromatic carbocycles. The van der Waals surface area contributed by atoms with Crippen LogP contribution < -0.4 is 15.8 Å². The standard InChI is InChI=1S/C29H30N6O3/c36-27-20(15-19-7-2-1-3-8-19)16-21-17-31-29(33-26(21)35(27)22-9-4-5-10-22)32-25-13-12-23(18-30-25)34-14-6-11-24(34)28(37)38/h1-3,7-8,12-13,16-18,22,24H,4-6,9-11,14-15H2,(H,37,38)(H,30,31,32,33)/t24-/m0/s1. The number of carboxylic acid groups (broad SMARTS) is 1. The average molecular weight is 511 g/mol. The fourth-order valence-electron chi connectivity index (χ4n) is 5.76. The molecule has 4 heterocycles. The van der Waals surface area contributed by atoms with E-state index < -0.39 is 12.0 Å². The minimum atomic E-state index is -0.811. The van der Waals surface area contributed by atoms with Crippen LogP contribution in [0.15, 0.2) is 65.7 Å². The van der Waals surface area contributed by atoms with E-state index >= 15 is 0 Å². The number of rotatable bonds is 7. The first-order valence-electron chi connectivity index (χ1n) is 13.2. The molecular weight excluding hydrogens is 480 g/mol. The molecule has 2 fully saturated rings. The maximum Gasteiger partial charge on any atom is 0.326 e. The summed E-state index contributed by atoms with van der Waals surface area (Å²) in [5.41, 5.74) is 3.27. The van der Waals surface area contributed by atoms with Gasteiger partial charge in [0.1, 0.15) is 17.5 Å². The molecule has 38 heavy (non-hydrogen) atoms. The second kappa shape index (κ2) is 10.2. The zero-order valence-corrected chi connectivity index (χ0v) is 21.1. The van der Waals surface area contributed by atoms with E-state index in [9.17, 15) is 14.7 Å². The minimum Gasteiger partial charge on any atom is -0.480 e. The summed E-state index contributed by atoms with van der Waals surface area (Å²) < 4.78 is 1.88. The molecule has 0 unspecified atom stereocenters. The van der Waals surface area contributed by atoms with Crippen molar-refractivity contribution in [3.8, 4) is 0 Å². The lowest BCUT2D eigenvalue weighted by Gasteiger charge is -2.23. The number of nitrogens with zero attached hydrogens (tertiary/aromatic N) is 5. The van der Waals surface area contributed by atoms with E-state index in [0.29, 0.717) is 36.8 Å². The number of hydrogen-bond acceptors (Lipinski definition) is 7. The highest BCUT2D eigenvalue weighted by atomic mass is 16.4. The van der Waals surface area contributed by atoms with Gasteiger partial charge in [0.15, 0.2) is 0 Å². The second-order valence-corrected chi connectivity index (χ2v) is 10.1. The fraction of sp³-hybridized carbons (Fsp3) is 0.345. The van der Waals surface area contributed by atoms with Gasteiger partial charge < -0.3 is 15.3 Å². The third kappa shape index (κ3) is 4.71. The fourth-order valence-corrected chi connectivity index (χ4v) is 5.76. The monoisotopic (exact) mass is 510 g/mol. The molecule has 0 amide bonds. The first-order valence-corrected chi connectivity index (χ1v) is 13.2. The van der Waals surface area contributed by atoms with Crippen molar-refractivity contribution in [2.24, 2.45) is 0 Å². The van der Waals surface area contributed by atoms with E-state index in [-0.39, 0.29) is 11.6 Å². The summed E-state index contributed by atoms with van der Waals surface area (Å²) in [4.78, 5) is 40.9. The number of anilines is 3. The Labute approximate surface area is 220 Å². The van der Waals surface area contributed by atoms with Gasteiger partial charge in [0.25, 0.3) is 5.56 Å². The topological polar surface area (TPSA) is 113 Å². The Bertz CT molecular complexity index is 1510. The lowest BCUT2D eigenvalue weighted by atomic mass is 10.0. The van der Waals surface area contributed by atoms with Gasteiger partial charge in [0, 0.05) is 36.2 Å². The number of fused-ring (bicyclic) bond motifs is 1. The van der Waals surface area contributed by atoms with E-state index in [1.54, 1.807) is 18.5 Å². The van der Waals surface area contributed by atoms with Crippen molar-refractivity contribution in [3.05, 3.63) is 82.4 Å². The molecule has 1 saturated carbocycles. The maximum absolute atomic E-state index is 13.7. The molecule has 6 rings (SSSR count). The van der Waals surface area contributed by atoms with Crippen LogP contribution in [0.3, 0.4) is 0 Å². The molecule has 0 bridgehead atoms. The minimum absolute atomic E-state index is 0.0129. The van der Waals surface area contributed by atoms with E-state index in [0.717, 1.165) is 54.3 Å². The summed E-state index contributed by atoms with van der Waals surface area (Å²) >= 11 is 0. The Morgan fingerprint density at radius 1 is 1.00 bits per heavy atom. The number of carbonyl (C=O) groups is 1. The molecule has 0 spiro atoms. The molecule has 4 aromatic rings. The molecule has 0 radical (unpaired) electrons. The first-order chi connectivity index (χ1) is 18.6. The number of nitrogens with one attached hydrogen (secondary N) is 1. The van der Waals surface area contributed by atoms with Crippen molar-refractivity contribution < 1.29 is 9.90 Å². The van der Waals surface area contributed by atoms with Crippen LogP contribution in [0.5, 0.6) is 0 Å². The highest BCUT2D eigenvalue weighted by Gasteiger charge is 2.30. The summed E-state index contributed by atoms with van der Waals surface area (Å²) in [6, 6.07) is 15.2. The third-order valence-electron chi connectivity index (χ3n) is 7.63. The van der Waals surface area contributed by atoms with Gasteiger partial charge in [-0.15, -0.1) is 0 Å². The molecule has 9 nitrogen and oxygen atoms in total. The van der Waals surface area contributed by atoms with E-state index in [2.05, 4.69) is 15.3 Å². The summed E-state index contributed by atoms with van der Waals surface area (Å²) in [7, 11) is 0. The predicted octanol–water partition coefficient (Wildman–Crippen LogP) is 4.69. The molecule has 1 atom stereocenters. The lowest BCUT2D eigenvalue weighted by Crippen LogP contribution is -2.35. The number of benzene rings is 1. The van der Waals surface area contributed by atoms with E-state index in [4.69, 9.17) is 4.98 Å². The van der Waals surface area contributed by atoms with Crippen molar-refractivity contribution in [2.45, 2.75) is 57.0 Å². The Kier molecular flexibility index (Phi) is 6.49. The van der Waals surface area contributed by atoms with Gasteiger partial charge in [-0.25, -0.2) is 14.8 Å². The second-order valence-electron chi connectivity index (χ2n) is 10.1. The largest absolute Gasteiger partial charge is 0.480 e. The zero-order chi connectivity index (χ0) is 26.1. The quantitative estimate of drug-likeness (QED) is 0.368. The number of aromatic nitrogens is 4. The van der Waals surface area contributed by atoms with Crippen LogP contribution in [0, 0.1) is 0 Å². The van der Waals surface area contributed by atoms with Gasteiger partial charge in [-0.05, 0) is 49.4 Å². The van der Waals surface area contributed by atoms with Crippen molar-refractivity contribution >= 4 is 34.5 Å². The van der Waals surface area contributed by atoms with Crippen LogP contribution in [-0.2, 0) is 11.2 Å². The van der Waals surface area contributed by atoms with Crippen LogP contribution in [0.1, 0.15) is 55.7 Å². The van der Waals surface area contributed by atoms with Gasteiger partial charge in [-0.2, -0.15) is 4.98 Å². The van der Waals surface area contributed by atoms with Crippen LogP contribution in [0.25, 0.3) is 11.0 Å². The summed E-state index contributed by atoms with van der Waals surface area (Å²) in [5, 5.41) is 13.5. The molecule has 2 aliphatic rings. The lowest BCUT2D eigenvalue weighted by molar-refractivity contribution is -0.138. The average Bonchev–Trinajstić information content (AvgIpc) is 3.64. The van der Waals surface area contributed by atoms with E-state index in [1.807, 2.05) is 51.9 Å².